The second-order valence-electron chi connectivity index (χ2n) is 3.74. The van der Waals surface area contributed by atoms with Crippen molar-refractivity contribution < 1.29 is 0 Å². The van der Waals surface area contributed by atoms with Gasteiger partial charge in [-0.1, -0.05) is 30.7 Å². The summed E-state index contributed by atoms with van der Waals surface area (Å²) in [5.41, 5.74) is 4.16. The van der Waals surface area contributed by atoms with E-state index >= 15 is 0 Å². The highest BCUT2D eigenvalue weighted by atomic mass is 35.5. The van der Waals surface area contributed by atoms with Crippen LogP contribution in [0.25, 0.3) is 0 Å². The molecule has 1 aromatic carbocycles. The van der Waals surface area contributed by atoms with Gasteiger partial charge in [0.25, 0.3) is 0 Å². The van der Waals surface area contributed by atoms with E-state index in [1.54, 1.807) is 0 Å². The first-order valence-corrected chi connectivity index (χ1v) is 5.31. The highest BCUT2D eigenvalue weighted by molar-refractivity contribution is 6.17. The van der Waals surface area contributed by atoms with Gasteiger partial charge in [-0.3, -0.25) is 0 Å². The zero-order valence-electron chi connectivity index (χ0n) is 8.60. The van der Waals surface area contributed by atoms with Gasteiger partial charge in [-0.05, 0) is 37.3 Å². The molecule has 0 aromatic heterocycles. The molecule has 0 saturated heterocycles. The predicted octanol–water partition coefficient (Wildman–Crippen LogP) is 4.04. The molecule has 0 amide bonds. The third-order valence-corrected chi connectivity index (χ3v) is 2.72. The molecular weight excluding hydrogens is 180 g/mol. The van der Waals surface area contributed by atoms with Gasteiger partial charge in [-0.25, -0.2) is 0 Å². The van der Waals surface area contributed by atoms with Crippen LogP contribution in [0.1, 0.15) is 36.0 Å². The maximum atomic E-state index is 5.73. The van der Waals surface area contributed by atoms with Gasteiger partial charge in [-0.2, -0.15) is 0 Å². The summed E-state index contributed by atoms with van der Waals surface area (Å²) in [5, 5.41) is 0. The van der Waals surface area contributed by atoms with Crippen molar-refractivity contribution in [1.29, 1.82) is 0 Å². The minimum absolute atomic E-state index is 0.582. The van der Waals surface area contributed by atoms with Crippen LogP contribution in [0.5, 0.6) is 0 Å². The van der Waals surface area contributed by atoms with Gasteiger partial charge >= 0.3 is 0 Å². The quantitative estimate of drug-likeness (QED) is 0.641. The van der Waals surface area contributed by atoms with E-state index in [1.165, 1.54) is 16.7 Å². The molecule has 1 heteroatoms. The van der Waals surface area contributed by atoms with Crippen molar-refractivity contribution in [2.75, 3.05) is 5.88 Å². The van der Waals surface area contributed by atoms with Crippen LogP contribution < -0.4 is 0 Å². The van der Waals surface area contributed by atoms with Crippen molar-refractivity contribution in [3.8, 4) is 0 Å². The van der Waals surface area contributed by atoms with Crippen molar-refractivity contribution in [3.05, 3.63) is 34.9 Å². The molecule has 0 N–H and O–H groups in total. The Morgan fingerprint density at radius 3 is 2.54 bits per heavy atom. The topological polar surface area (TPSA) is 0 Å². The molecule has 0 bridgehead atoms. The van der Waals surface area contributed by atoms with E-state index < -0.39 is 0 Å². The van der Waals surface area contributed by atoms with Crippen molar-refractivity contribution in [1.82, 2.24) is 0 Å². The standard InChI is InChI=1S/C12H17Cl/c1-9-4-5-12(11(3)8-9)10(2)6-7-13/h4-5,8,10H,6-7H2,1-3H3. The third-order valence-electron chi connectivity index (χ3n) is 2.50. The molecule has 72 valence electrons. The maximum Gasteiger partial charge on any atom is 0.0229 e. The number of halogens is 1. The Morgan fingerprint density at radius 2 is 2.00 bits per heavy atom. The zero-order chi connectivity index (χ0) is 9.84. The number of rotatable bonds is 3. The van der Waals surface area contributed by atoms with Crippen LogP contribution in [0, 0.1) is 13.8 Å². The molecule has 0 heterocycles. The Hall–Kier alpha value is -0.490. The molecule has 0 spiro atoms. The average molecular weight is 197 g/mol. The van der Waals surface area contributed by atoms with Gasteiger partial charge < -0.3 is 0 Å². The lowest BCUT2D eigenvalue weighted by Crippen LogP contribution is -1.97. The molecule has 0 saturated carbocycles. The van der Waals surface area contributed by atoms with Gasteiger partial charge in [-0.15, -0.1) is 11.6 Å². The summed E-state index contributed by atoms with van der Waals surface area (Å²) in [6, 6.07) is 6.63. The molecular formula is C12H17Cl. The lowest BCUT2D eigenvalue weighted by Gasteiger charge is -2.13. The van der Waals surface area contributed by atoms with E-state index in [-0.39, 0.29) is 0 Å². The monoisotopic (exact) mass is 196 g/mol. The van der Waals surface area contributed by atoms with Crippen LogP contribution in [-0.2, 0) is 0 Å². The number of aryl methyl sites for hydroxylation is 2. The molecule has 0 aliphatic carbocycles. The van der Waals surface area contributed by atoms with E-state index in [0.29, 0.717) is 5.92 Å². The highest BCUT2D eigenvalue weighted by Crippen LogP contribution is 2.23. The highest BCUT2D eigenvalue weighted by Gasteiger charge is 2.07. The molecule has 1 unspecified atom stereocenters. The van der Waals surface area contributed by atoms with Crippen molar-refractivity contribution in [3.63, 3.8) is 0 Å². The Balaban J connectivity index is 2.88. The summed E-state index contributed by atoms with van der Waals surface area (Å²) >= 11 is 5.73. The molecule has 1 rings (SSSR count). The summed E-state index contributed by atoms with van der Waals surface area (Å²) in [7, 11) is 0. The van der Waals surface area contributed by atoms with Crippen LogP contribution in [0.4, 0.5) is 0 Å². The molecule has 0 fully saturated rings. The number of benzene rings is 1. The van der Waals surface area contributed by atoms with Gasteiger partial charge in [0.1, 0.15) is 0 Å². The minimum Gasteiger partial charge on any atom is -0.127 e. The van der Waals surface area contributed by atoms with Crippen LogP contribution in [0.3, 0.4) is 0 Å². The first-order valence-electron chi connectivity index (χ1n) is 4.78. The summed E-state index contributed by atoms with van der Waals surface area (Å²) in [5.74, 6) is 1.33. The lowest BCUT2D eigenvalue weighted by atomic mass is 9.93. The Labute approximate surface area is 85.9 Å². The largest absolute Gasteiger partial charge is 0.127 e. The average Bonchev–Trinajstić information content (AvgIpc) is 2.04. The van der Waals surface area contributed by atoms with Crippen molar-refractivity contribution in [2.24, 2.45) is 0 Å². The fourth-order valence-corrected chi connectivity index (χ4v) is 2.03. The van der Waals surface area contributed by atoms with Crippen molar-refractivity contribution >= 4 is 11.6 Å². The summed E-state index contributed by atoms with van der Waals surface area (Å²) in [4.78, 5) is 0. The van der Waals surface area contributed by atoms with Crippen LogP contribution in [0.2, 0.25) is 0 Å². The first kappa shape index (κ1) is 10.6. The van der Waals surface area contributed by atoms with E-state index in [4.69, 9.17) is 11.6 Å². The Morgan fingerprint density at radius 1 is 1.31 bits per heavy atom. The maximum absolute atomic E-state index is 5.73. The zero-order valence-corrected chi connectivity index (χ0v) is 9.36. The second kappa shape index (κ2) is 4.66. The molecule has 0 aliphatic heterocycles. The Bertz CT molecular complexity index is 278. The second-order valence-corrected chi connectivity index (χ2v) is 4.12. The SMILES string of the molecule is Cc1ccc(C(C)CCCl)c(C)c1. The number of hydrogen-bond donors (Lipinski definition) is 0. The smallest absolute Gasteiger partial charge is 0.0229 e. The van der Waals surface area contributed by atoms with Crippen LogP contribution in [0.15, 0.2) is 18.2 Å². The molecule has 1 aromatic rings. The predicted molar refractivity (Wildman–Crippen MR) is 59.7 cm³/mol. The number of hydrogen-bond acceptors (Lipinski definition) is 0. The first-order chi connectivity index (χ1) is 6.15. The molecule has 0 nitrogen and oxygen atoms in total. The Kier molecular flexibility index (Phi) is 3.80. The van der Waals surface area contributed by atoms with E-state index in [1.807, 2.05) is 0 Å². The van der Waals surface area contributed by atoms with Gasteiger partial charge in [0.15, 0.2) is 0 Å². The molecule has 0 aliphatic rings. The summed E-state index contributed by atoms with van der Waals surface area (Å²) < 4.78 is 0. The summed E-state index contributed by atoms with van der Waals surface area (Å²) in [6.45, 7) is 6.54. The molecule has 0 radical (unpaired) electrons. The van der Waals surface area contributed by atoms with E-state index in [2.05, 4.69) is 39.0 Å². The van der Waals surface area contributed by atoms with Crippen LogP contribution in [-0.4, -0.2) is 5.88 Å². The lowest BCUT2D eigenvalue weighted by molar-refractivity contribution is 0.732. The van der Waals surface area contributed by atoms with Gasteiger partial charge in [0, 0.05) is 5.88 Å². The van der Waals surface area contributed by atoms with Crippen molar-refractivity contribution in [2.45, 2.75) is 33.1 Å². The van der Waals surface area contributed by atoms with E-state index in [0.717, 1.165) is 12.3 Å². The molecule has 1 atom stereocenters. The van der Waals surface area contributed by atoms with E-state index in [9.17, 15) is 0 Å². The summed E-state index contributed by atoms with van der Waals surface area (Å²) in [6.07, 6.45) is 1.06. The fraction of sp³-hybridized carbons (Fsp3) is 0.500. The molecule has 13 heavy (non-hydrogen) atoms. The third kappa shape index (κ3) is 2.73. The van der Waals surface area contributed by atoms with Gasteiger partial charge in [0.2, 0.25) is 0 Å². The normalized spacial score (nSPS) is 12.9. The fourth-order valence-electron chi connectivity index (χ4n) is 1.70. The number of alkyl halides is 1. The van der Waals surface area contributed by atoms with Crippen LogP contribution >= 0.6 is 11.6 Å². The minimum atomic E-state index is 0.582. The van der Waals surface area contributed by atoms with Gasteiger partial charge in [0.05, 0.1) is 0 Å².